The molecule has 0 aliphatic carbocycles. The number of amides is 2. The van der Waals surface area contributed by atoms with Crippen molar-refractivity contribution in [3.63, 3.8) is 0 Å². The highest BCUT2D eigenvalue weighted by molar-refractivity contribution is 5.91. The van der Waals surface area contributed by atoms with Crippen LogP contribution in [0.4, 0.5) is 10.1 Å². The maximum Gasteiger partial charge on any atom is 0.259 e. The molecule has 2 aromatic rings. The van der Waals surface area contributed by atoms with Gasteiger partial charge in [-0.1, -0.05) is 18.2 Å². The predicted octanol–water partition coefficient (Wildman–Crippen LogP) is 2.86. The number of hydrogen-bond acceptors (Lipinski definition) is 3. The van der Waals surface area contributed by atoms with Crippen LogP contribution in [0.1, 0.15) is 12.0 Å². The van der Waals surface area contributed by atoms with E-state index in [-0.39, 0.29) is 30.7 Å². The van der Waals surface area contributed by atoms with Crippen molar-refractivity contribution in [2.45, 2.75) is 12.8 Å². The zero-order valence-corrected chi connectivity index (χ0v) is 14.3. The van der Waals surface area contributed by atoms with E-state index in [1.165, 1.54) is 17.0 Å². The van der Waals surface area contributed by atoms with Crippen LogP contribution < -0.4 is 10.1 Å². The van der Waals surface area contributed by atoms with Crippen molar-refractivity contribution in [3.8, 4) is 5.75 Å². The van der Waals surface area contributed by atoms with Crippen molar-refractivity contribution in [3.05, 3.63) is 59.9 Å². The van der Waals surface area contributed by atoms with Gasteiger partial charge in [-0.25, -0.2) is 4.39 Å². The van der Waals surface area contributed by atoms with Crippen molar-refractivity contribution in [2.24, 2.45) is 0 Å². The Morgan fingerprint density at radius 2 is 1.84 bits per heavy atom. The molecule has 0 saturated heterocycles. The summed E-state index contributed by atoms with van der Waals surface area (Å²) in [4.78, 5) is 25.0. The second kappa shape index (κ2) is 8.82. The van der Waals surface area contributed by atoms with Crippen LogP contribution >= 0.6 is 0 Å². The van der Waals surface area contributed by atoms with Gasteiger partial charge in [0.2, 0.25) is 5.91 Å². The molecule has 0 atom stereocenters. The van der Waals surface area contributed by atoms with Gasteiger partial charge in [0.25, 0.3) is 5.91 Å². The number of rotatable bonds is 7. The molecular weight excluding hydrogens is 323 g/mol. The van der Waals surface area contributed by atoms with Crippen LogP contribution in [0.15, 0.2) is 48.5 Å². The number of nitrogens with zero attached hydrogens (tertiary/aromatic N) is 1. The third-order valence-electron chi connectivity index (χ3n) is 3.53. The summed E-state index contributed by atoms with van der Waals surface area (Å²) in [5.41, 5.74) is 1.50. The first-order chi connectivity index (χ1) is 11.9. The molecule has 0 aromatic heterocycles. The molecule has 6 heteroatoms. The summed E-state index contributed by atoms with van der Waals surface area (Å²) >= 11 is 0. The average molecular weight is 344 g/mol. The number of ether oxygens (including phenoxy) is 1. The summed E-state index contributed by atoms with van der Waals surface area (Å²) in [6.45, 7) is -0.0605. The molecule has 0 fully saturated rings. The lowest BCUT2D eigenvalue weighted by Crippen LogP contribution is -2.27. The molecule has 0 heterocycles. The Morgan fingerprint density at radius 3 is 2.52 bits per heavy atom. The van der Waals surface area contributed by atoms with Crippen molar-refractivity contribution >= 4 is 17.5 Å². The van der Waals surface area contributed by atoms with Gasteiger partial charge in [0.15, 0.2) is 6.61 Å². The quantitative estimate of drug-likeness (QED) is 0.840. The Morgan fingerprint density at radius 1 is 1.12 bits per heavy atom. The van der Waals surface area contributed by atoms with Crippen LogP contribution in [0.3, 0.4) is 0 Å². The molecule has 25 heavy (non-hydrogen) atoms. The molecule has 0 bridgehead atoms. The maximum absolute atomic E-state index is 12.9. The van der Waals surface area contributed by atoms with Gasteiger partial charge in [0.1, 0.15) is 11.6 Å². The largest absolute Gasteiger partial charge is 0.484 e. The highest BCUT2D eigenvalue weighted by Crippen LogP contribution is 2.18. The van der Waals surface area contributed by atoms with E-state index in [2.05, 4.69) is 5.32 Å². The summed E-state index contributed by atoms with van der Waals surface area (Å²) in [5, 5.41) is 2.79. The van der Waals surface area contributed by atoms with Crippen LogP contribution in [-0.2, 0) is 16.0 Å². The van der Waals surface area contributed by atoms with Crippen molar-refractivity contribution in [1.82, 2.24) is 4.90 Å². The van der Waals surface area contributed by atoms with E-state index >= 15 is 0 Å². The molecule has 2 aromatic carbocycles. The molecule has 0 spiro atoms. The first-order valence-corrected chi connectivity index (χ1v) is 7.91. The Labute approximate surface area is 146 Å². The lowest BCUT2D eigenvalue weighted by atomic mass is 10.1. The van der Waals surface area contributed by atoms with Gasteiger partial charge in [-0.15, -0.1) is 0 Å². The summed E-state index contributed by atoms with van der Waals surface area (Å²) in [5.74, 6) is -0.0797. The highest BCUT2D eigenvalue weighted by atomic mass is 19.1. The van der Waals surface area contributed by atoms with E-state index in [0.29, 0.717) is 17.9 Å². The number of hydrogen-bond donors (Lipinski definition) is 1. The van der Waals surface area contributed by atoms with Crippen LogP contribution in [0.2, 0.25) is 0 Å². The van der Waals surface area contributed by atoms with Crippen LogP contribution in [0.25, 0.3) is 0 Å². The van der Waals surface area contributed by atoms with Crippen LogP contribution in [0, 0.1) is 5.82 Å². The maximum atomic E-state index is 12.9. The van der Waals surface area contributed by atoms with Crippen molar-refractivity contribution in [1.29, 1.82) is 0 Å². The molecule has 0 aliphatic rings. The zero-order valence-electron chi connectivity index (χ0n) is 14.3. The number of anilines is 1. The van der Waals surface area contributed by atoms with Gasteiger partial charge in [0.05, 0.1) is 0 Å². The lowest BCUT2D eigenvalue weighted by molar-refractivity contribution is -0.130. The van der Waals surface area contributed by atoms with Crippen molar-refractivity contribution in [2.75, 3.05) is 26.0 Å². The van der Waals surface area contributed by atoms with Gasteiger partial charge >= 0.3 is 0 Å². The number of benzene rings is 2. The molecular formula is C19H21FN2O3. The van der Waals surface area contributed by atoms with E-state index in [1.54, 1.807) is 50.5 Å². The number of aryl methyl sites for hydroxylation is 1. The van der Waals surface area contributed by atoms with Gasteiger partial charge in [-0.3, -0.25) is 9.59 Å². The molecule has 2 amide bonds. The average Bonchev–Trinajstić information content (AvgIpc) is 2.59. The Balaban J connectivity index is 1.84. The fourth-order valence-electron chi connectivity index (χ4n) is 2.07. The minimum Gasteiger partial charge on any atom is -0.484 e. The molecule has 0 unspecified atom stereocenters. The van der Waals surface area contributed by atoms with Crippen LogP contribution in [0.5, 0.6) is 5.75 Å². The fraction of sp³-hybridized carbons (Fsp3) is 0.263. The van der Waals surface area contributed by atoms with E-state index in [0.717, 1.165) is 5.56 Å². The first-order valence-electron chi connectivity index (χ1n) is 7.91. The van der Waals surface area contributed by atoms with Gasteiger partial charge in [-0.2, -0.15) is 0 Å². The number of carbonyl (C=O) groups excluding carboxylic acids is 2. The monoisotopic (exact) mass is 344 g/mol. The van der Waals surface area contributed by atoms with Gasteiger partial charge in [0, 0.05) is 32.3 Å². The fourth-order valence-corrected chi connectivity index (χ4v) is 2.07. The SMILES string of the molecule is CN(C)C(=O)COc1cccc(NC(=O)CCc2ccc(F)cc2)c1. The van der Waals surface area contributed by atoms with E-state index in [4.69, 9.17) is 4.74 Å². The summed E-state index contributed by atoms with van der Waals surface area (Å²) in [6, 6.07) is 13.0. The predicted molar refractivity (Wildman–Crippen MR) is 94.0 cm³/mol. The third kappa shape index (κ3) is 6.25. The minimum atomic E-state index is -0.294. The molecule has 0 radical (unpaired) electrons. The minimum absolute atomic E-state index is 0.0605. The van der Waals surface area contributed by atoms with E-state index in [9.17, 15) is 14.0 Å². The van der Waals surface area contributed by atoms with Crippen LogP contribution in [-0.4, -0.2) is 37.4 Å². The van der Waals surface area contributed by atoms with Gasteiger partial charge < -0.3 is 15.0 Å². The van der Waals surface area contributed by atoms with E-state index < -0.39 is 0 Å². The second-order valence-electron chi connectivity index (χ2n) is 5.78. The summed E-state index contributed by atoms with van der Waals surface area (Å²) in [6.07, 6.45) is 0.815. The normalized spacial score (nSPS) is 10.2. The summed E-state index contributed by atoms with van der Waals surface area (Å²) in [7, 11) is 3.31. The van der Waals surface area contributed by atoms with Gasteiger partial charge in [-0.05, 0) is 36.2 Å². The van der Waals surface area contributed by atoms with E-state index in [1.807, 2.05) is 0 Å². The molecule has 0 saturated carbocycles. The summed E-state index contributed by atoms with van der Waals surface area (Å²) < 4.78 is 18.3. The topological polar surface area (TPSA) is 58.6 Å². The second-order valence-corrected chi connectivity index (χ2v) is 5.78. The standard InChI is InChI=1S/C19H21FN2O3/c1-22(2)19(24)13-25-17-5-3-4-16(12-17)21-18(23)11-8-14-6-9-15(20)10-7-14/h3-7,9-10,12H,8,11,13H2,1-2H3,(H,21,23). The third-order valence-corrected chi connectivity index (χ3v) is 3.53. The molecule has 2 rings (SSSR count). The molecule has 1 N–H and O–H groups in total. The molecule has 0 aliphatic heterocycles. The Bertz CT molecular complexity index is 730. The zero-order chi connectivity index (χ0) is 18.2. The lowest BCUT2D eigenvalue weighted by Gasteiger charge is -2.12. The smallest absolute Gasteiger partial charge is 0.259 e. The highest BCUT2D eigenvalue weighted by Gasteiger charge is 2.07. The Hall–Kier alpha value is -2.89. The number of nitrogens with one attached hydrogen (secondary N) is 1. The number of halogens is 1. The number of likely N-dealkylation sites (N-methyl/N-ethyl adjacent to an activating group) is 1. The molecule has 5 nitrogen and oxygen atoms in total. The first kappa shape index (κ1) is 18.4. The van der Waals surface area contributed by atoms with Crippen molar-refractivity contribution < 1.29 is 18.7 Å². The Kier molecular flexibility index (Phi) is 6.51. The molecule has 132 valence electrons. The number of carbonyl (C=O) groups is 2.